The molecule has 0 radical (unpaired) electrons. The predicted octanol–water partition coefficient (Wildman–Crippen LogP) is 2.84. The van der Waals surface area contributed by atoms with Crippen LogP contribution in [-0.2, 0) is 0 Å². The van der Waals surface area contributed by atoms with Gasteiger partial charge < -0.3 is 10.4 Å². The summed E-state index contributed by atoms with van der Waals surface area (Å²) in [7, 11) is 0. The summed E-state index contributed by atoms with van der Waals surface area (Å²) in [4.78, 5) is 11.9. The summed E-state index contributed by atoms with van der Waals surface area (Å²) >= 11 is 0. The molecule has 98 valence electrons. The lowest BCUT2D eigenvalue weighted by Gasteiger charge is -2.17. The molecule has 4 heteroatoms. The maximum Gasteiger partial charge on any atom is 0.258 e. The van der Waals surface area contributed by atoms with E-state index in [2.05, 4.69) is 5.32 Å². The zero-order chi connectivity index (χ0) is 13.1. The van der Waals surface area contributed by atoms with Gasteiger partial charge in [-0.1, -0.05) is 25.8 Å². The van der Waals surface area contributed by atoms with E-state index in [1.807, 2.05) is 6.92 Å². The van der Waals surface area contributed by atoms with Gasteiger partial charge in [-0.15, -0.1) is 0 Å². The van der Waals surface area contributed by atoms with E-state index in [0.717, 1.165) is 12.8 Å². The molecule has 3 nitrogen and oxygen atoms in total. The van der Waals surface area contributed by atoms with Crippen molar-refractivity contribution in [3.05, 3.63) is 29.6 Å². The van der Waals surface area contributed by atoms with Crippen LogP contribution in [0.25, 0.3) is 0 Å². The molecule has 0 aromatic heterocycles. The van der Waals surface area contributed by atoms with Gasteiger partial charge in [0.05, 0.1) is 0 Å². The largest absolute Gasteiger partial charge is 0.507 e. The maximum absolute atomic E-state index is 13.5. The van der Waals surface area contributed by atoms with E-state index in [1.165, 1.54) is 31.0 Å². The van der Waals surface area contributed by atoms with Crippen LogP contribution in [0.3, 0.4) is 0 Å². The fourth-order valence-corrected chi connectivity index (χ4v) is 2.08. The average molecular weight is 251 g/mol. The average Bonchev–Trinajstić information content (AvgIpc) is 3.11. The lowest BCUT2D eigenvalue weighted by molar-refractivity contribution is 0.0925. The molecular weight excluding hydrogens is 233 g/mol. The number of carbonyl (C=O) groups is 1. The van der Waals surface area contributed by atoms with Crippen LogP contribution >= 0.6 is 0 Å². The second-order valence-corrected chi connectivity index (χ2v) is 4.89. The minimum atomic E-state index is -0.686. The Balaban J connectivity index is 2.05. The normalized spacial score (nSPS) is 16.3. The van der Waals surface area contributed by atoms with E-state index in [-0.39, 0.29) is 17.4 Å². The number of hydrogen-bond acceptors (Lipinski definition) is 2. The lowest BCUT2D eigenvalue weighted by atomic mass is 10.1. The highest BCUT2D eigenvalue weighted by atomic mass is 19.1. The molecule has 0 heterocycles. The fourth-order valence-electron chi connectivity index (χ4n) is 2.08. The van der Waals surface area contributed by atoms with Crippen molar-refractivity contribution in [2.24, 2.45) is 5.92 Å². The van der Waals surface area contributed by atoms with E-state index in [4.69, 9.17) is 0 Å². The Hall–Kier alpha value is -1.58. The third-order valence-electron chi connectivity index (χ3n) is 3.36. The summed E-state index contributed by atoms with van der Waals surface area (Å²) in [6.07, 6.45) is 4.20. The Morgan fingerprint density at radius 2 is 2.28 bits per heavy atom. The number of phenols is 1. The van der Waals surface area contributed by atoms with Gasteiger partial charge in [0.2, 0.25) is 0 Å². The number of halogens is 1. The van der Waals surface area contributed by atoms with Crippen LogP contribution in [0.5, 0.6) is 5.75 Å². The van der Waals surface area contributed by atoms with Gasteiger partial charge in [0.25, 0.3) is 5.91 Å². The summed E-state index contributed by atoms with van der Waals surface area (Å²) in [6, 6.07) is 3.93. The number of aromatic hydroxyl groups is 1. The zero-order valence-electron chi connectivity index (χ0n) is 10.4. The molecule has 18 heavy (non-hydrogen) atoms. The van der Waals surface area contributed by atoms with Crippen LogP contribution in [-0.4, -0.2) is 17.1 Å². The van der Waals surface area contributed by atoms with E-state index in [0.29, 0.717) is 5.92 Å². The Morgan fingerprint density at radius 1 is 1.56 bits per heavy atom. The van der Waals surface area contributed by atoms with Crippen LogP contribution in [0.2, 0.25) is 0 Å². The van der Waals surface area contributed by atoms with Gasteiger partial charge in [-0.3, -0.25) is 4.79 Å². The van der Waals surface area contributed by atoms with Crippen molar-refractivity contribution in [1.82, 2.24) is 5.32 Å². The number of benzene rings is 1. The summed E-state index contributed by atoms with van der Waals surface area (Å²) in [5.41, 5.74) is -0.258. The van der Waals surface area contributed by atoms with E-state index in [1.54, 1.807) is 0 Å². The van der Waals surface area contributed by atoms with Gasteiger partial charge >= 0.3 is 0 Å². The molecule has 0 aliphatic heterocycles. The summed E-state index contributed by atoms with van der Waals surface area (Å²) in [6.45, 7) is 1.99. The summed E-state index contributed by atoms with van der Waals surface area (Å²) in [5.74, 6) is -0.829. The molecular formula is C14H18FNO2. The molecule has 1 aromatic carbocycles. The van der Waals surface area contributed by atoms with Crippen LogP contribution in [0, 0.1) is 11.7 Å². The molecule has 1 aromatic rings. The molecule has 1 amide bonds. The van der Waals surface area contributed by atoms with Gasteiger partial charge in [-0.05, 0) is 30.9 Å². The second-order valence-electron chi connectivity index (χ2n) is 4.89. The highest BCUT2D eigenvalue weighted by molar-refractivity contribution is 5.97. The molecule has 1 atom stereocenters. The first kappa shape index (κ1) is 12.9. The Labute approximate surface area is 106 Å². The first-order valence-electron chi connectivity index (χ1n) is 6.40. The first-order valence-corrected chi connectivity index (χ1v) is 6.40. The molecule has 1 aliphatic rings. The lowest BCUT2D eigenvalue weighted by Crippen LogP contribution is -2.35. The molecule has 1 unspecified atom stereocenters. The molecule has 0 spiro atoms. The SMILES string of the molecule is CCC(CC1CC1)NC(=O)c1c(O)cccc1F. The van der Waals surface area contributed by atoms with Crippen molar-refractivity contribution in [2.75, 3.05) is 0 Å². The number of phenolic OH excluding ortho intramolecular Hbond substituents is 1. The molecule has 1 saturated carbocycles. The Kier molecular flexibility index (Phi) is 3.84. The van der Waals surface area contributed by atoms with E-state index in [9.17, 15) is 14.3 Å². The van der Waals surface area contributed by atoms with Crippen molar-refractivity contribution in [2.45, 2.75) is 38.6 Å². The Morgan fingerprint density at radius 3 is 2.83 bits per heavy atom. The third-order valence-corrected chi connectivity index (χ3v) is 3.36. The number of amides is 1. The highest BCUT2D eigenvalue weighted by Gasteiger charge is 2.26. The van der Waals surface area contributed by atoms with Crippen molar-refractivity contribution in [3.8, 4) is 5.75 Å². The minimum Gasteiger partial charge on any atom is -0.507 e. The van der Waals surface area contributed by atoms with Gasteiger partial charge in [0.15, 0.2) is 0 Å². The molecule has 2 rings (SSSR count). The Bertz CT molecular complexity index is 423. The monoisotopic (exact) mass is 251 g/mol. The smallest absolute Gasteiger partial charge is 0.258 e. The fraction of sp³-hybridized carbons (Fsp3) is 0.500. The van der Waals surface area contributed by atoms with E-state index < -0.39 is 11.7 Å². The quantitative estimate of drug-likeness (QED) is 0.845. The third kappa shape index (κ3) is 3.00. The predicted molar refractivity (Wildman–Crippen MR) is 67.0 cm³/mol. The first-order chi connectivity index (χ1) is 8.61. The summed E-state index contributed by atoms with van der Waals surface area (Å²) < 4.78 is 13.5. The zero-order valence-corrected chi connectivity index (χ0v) is 10.4. The molecule has 0 saturated heterocycles. The van der Waals surface area contributed by atoms with Gasteiger partial charge in [0, 0.05) is 6.04 Å². The minimum absolute atomic E-state index is 0.0593. The molecule has 2 N–H and O–H groups in total. The number of carbonyl (C=O) groups excluding carboxylic acids is 1. The van der Waals surface area contributed by atoms with Gasteiger partial charge in [-0.25, -0.2) is 4.39 Å². The number of rotatable bonds is 5. The van der Waals surface area contributed by atoms with Gasteiger partial charge in [-0.2, -0.15) is 0 Å². The van der Waals surface area contributed by atoms with Crippen molar-refractivity contribution < 1.29 is 14.3 Å². The van der Waals surface area contributed by atoms with Crippen LogP contribution in [0.4, 0.5) is 4.39 Å². The van der Waals surface area contributed by atoms with Crippen LogP contribution < -0.4 is 5.32 Å². The maximum atomic E-state index is 13.5. The van der Waals surface area contributed by atoms with Crippen molar-refractivity contribution >= 4 is 5.91 Å². The van der Waals surface area contributed by atoms with Gasteiger partial charge in [0.1, 0.15) is 17.1 Å². The number of hydrogen-bond donors (Lipinski definition) is 2. The summed E-state index contributed by atoms with van der Waals surface area (Å²) in [5, 5.41) is 12.3. The van der Waals surface area contributed by atoms with Crippen molar-refractivity contribution in [3.63, 3.8) is 0 Å². The van der Waals surface area contributed by atoms with E-state index >= 15 is 0 Å². The van der Waals surface area contributed by atoms with Crippen molar-refractivity contribution in [1.29, 1.82) is 0 Å². The second kappa shape index (κ2) is 5.38. The topological polar surface area (TPSA) is 49.3 Å². The van der Waals surface area contributed by atoms with Crippen LogP contribution in [0.15, 0.2) is 18.2 Å². The number of nitrogens with one attached hydrogen (secondary N) is 1. The molecule has 1 aliphatic carbocycles. The molecule has 0 bridgehead atoms. The van der Waals surface area contributed by atoms with Crippen LogP contribution in [0.1, 0.15) is 43.0 Å². The highest BCUT2D eigenvalue weighted by Crippen LogP contribution is 2.34. The standard InChI is InChI=1S/C14H18FNO2/c1-2-10(8-9-6-7-9)16-14(18)13-11(15)4-3-5-12(13)17/h3-5,9-10,17H,2,6-8H2,1H3,(H,16,18). The molecule has 1 fully saturated rings.